The van der Waals surface area contributed by atoms with E-state index in [1.807, 2.05) is 0 Å². The lowest BCUT2D eigenvalue weighted by molar-refractivity contribution is -0.143. The van der Waals surface area contributed by atoms with Crippen LogP contribution in [-0.2, 0) is 0 Å². The summed E-state index contributed by atoms with van der Waals surface area (Å²) in [6.07, 6.45) is -4.30. The molecule has 10 heavy (non-hydrogen) atoms. The largest absolute Gasteiger partial charge is 0.390 e. The molecule has 0 radical (unpaired) electrons. The van der Waals surface area contributed by atoms with E-state index in [2.05, 4.69) is 0 Å². The van der Waals surface area contributed by atoms with E-state index < -0.39 is 18.0 Å². The van der Waals surface area contributed by atoms with Crippen molar-refractivity contribution in [1.29, 1.82) is 5.26 Å². The van der Waals surface area contributed by atoms with E-state index in [0.29, 0.717) is 12.8 Å². The van der Waals surface area contributed by atoms with Crippen LogP contribution < -0.4 is 0 Å². The summed E-state index contributed by atoms with van der Waals surface area (Å²) in [5, 5.41) is 8.27. The molecule has 0 heterocycles. The molecule has 0 spiro atoms. The van der Waals surface area contributed by atoms with Crippen LogP contribution in [0.3, 0.4) is 0 Å². The molecule has 0 saturated heterocycles. The monoisotopic (exact) mass is 149 g/mol. The zero-order valence-corrected chi connectivity index (χ0v) is 5.20. The molecular formula is C6H6F3N. The number of halogens is 3. The minimum Gasteiger partial charge on any atom is -0.198 e. The fourth-order valence-corrected chi connectivity index (χ4v) is 0.863. The first kappa shape index (κ1) is 7.39. The van der Waals surface area contributed by atoms with Gasteiger partial charge in [0.2, 0.25) is 0 Å². The van der Waals surface area contributed by atoms with E-state index in [1.165, 1.54) is 0 Å². The number of nitriles is 1. The Morgan fingerprint density at radius 3 is 2.00 bits per heavy atom. The van der Waals surface area contributed by atoms with E-state index in [-0.39, 0.29) is 0 Å². The van der Waals surface area contributed by atoms with Crippen molar-refractivity contribution in [3.8, 4) is 6.07 Å². The van der Waals surface area contributed by atoms with Crippen molar-refractivity contribution < 1.29 is 13.2 Å². The van der Waals surface area contributed by atoms with Crippen molar-refractivity contribution in [2.45, 2.75) is 25.4 Å². The first-order chi connectivity index (χ1) is 4.47. The molecule has 0 amide bonds. The van der Waals surface area contributed by atoms with Gasteiger partial charge in [-0.15, -0.1) is 0 Å². The van der Waals surface area contributed by atoms with Gasteiger partial charge in [-0.1, -0.05) is 0 Å². The van der Waals surface area contributed by atoms with Gasteiger partial charge in [0.25, 0.3) is 0 Å². The minimum absolute atomic E-state index is 0.406. The Labute approximate surface area is 56.4 Å². The fourth-order valence-electron chi connectivity index (χ4n) is 0.863. The van der Waals surface area contributed by atoms with Gasteiger partial charge >= 0.3 is 6.18 Å². The van der Waals surface area contributed by atoms with Crippen LogP contribution in [0.1, 0.15) is 19.3 Å². The second kappa shape index (κ2) is 1.88. The van der Waals surface area contributed by atoms with Gasteiger partial charge in [0.1, 0.15) is 0 Å². The Morgan fingerprint density at radius 2 is 1.90 bits per heavy atom. The van der Waals surface area contributed by atoms with Gasteiger partial charge in [-0.25, -0.2) is 0 Å². The van der Waals surface area contributed by atoms with E-state index >= 15 is 0 Å². The predicted molar refractivity (Wildman–Crippen MR) is 28.0 cm³/mol. The highest BCUT2D eigenvalue weighted by molar-refractivity contribution is 5.10. The van der Waals surface area contributed by atoms with E-state index in [9.17, 15) is 13.2 Å². The summed E-state index contributed by atoms with van der Waals surface area (Å²) in [6.45, 7) is 0. The van der Waals surface area contributed by atoms with Gasteiger partial charge in [-0.05, 0) is 12.8 Å². The van der Waals surface area contributed by atoms with Crippen molar-refractivity contribution in [2.24, 2.45) is 5.41 Å². The lowest BCUT2D eigenvalue weighted by Crippen LogP contribution is -2.14. The average molecular weight is 149 g/mol. The smallest absolute Gasteiger partial charge is 0.198 e. The van der Waals surface area contributed by atoms with Crippen LogP contribution in [0.25, 0.3) is 0 Å². The quantitative estimate of drug-likeness (QED) is 0.560. The van der Waals surface area contributed by atoms with Gasteiger partial charge in [-0.3, -0.25) is 0 Å². The topological polar surface area (TPSA) is 23.8 Å². The first-order valence-electron chi connectivity index (χ1n) is 2.95. The molecule has 4 heteroatoms. The van der Waals surface area contributed by atoms with Crippen molar-refractivity contribution >= 4 is 0 Å². The van der Waals surface area contributed by atoms with Gasteiger partial charge in [0.15, 0.2) is 0 Å². The van der Waals surface area contributed by atoms with Gasteiger partial charge in [-0.2, -0.15) is 18.4 Å². The van der Waals surface area contributed by atoms with Crippen molar-refractivity contribution in [3.05, 3.63) is 0 Å². The molecule has 1 aliphatic carbocycles. The molecule has 0 N–H and O–H groups in total. The summed E-state index contributed by atoms with van der Waals surface area (Å²) in [6, 6.07) is 1.69. The van der Waals surface area contributed by atoms with Crippen LogP contribution >= 0.6 is 0 Å². The van der Waals surface area contributed by atoms with Crippen molar-refractivity contribution in [1.82, 2.24) is 0 Å². The van der Waals surface area contributed by atoms with Crippen LogP contribution in [0, 0.1) is 16.7 Å². The van der Waals surface area contributed by atoms with E-state index in [1.54, 1.807) is 6.07 Å². The third-order valence-corrected chi connectivity index (χ3v) is 1.63. The molecule has 0 bridgehead atoms. The maximum Gasteiger partial charge on any atom is 0.390 e. The van der Waals surface area contributed by atoms with Gasteiger partial charge < -0.3 is 0 Å². The molecule has 1 fully saturated rings. The van der Waals surface area contributed by atoms with Crippen LogP contribution in [-0.4, -0.2) is 6.18 Å². The zero-order chi connectivity index (χ0) is 7.83. The van der Waals surface area contributed by atoms with Crippen LogP contribution in [0.5, 0.6) is 0 Å². The molecule has 0 unspecified atom stereocenters. The third kappa shape index (κ3) is 1.63. The number of nitrogens with zero attached hydrogens (tertiary/aromatic N) is 1. The molecule has 0 aliphatic heterocycles. The lowest BCUT2D eigenvalue weighted by atomic mass is 10.1. The maximum absolute atomic E-state index is 11.6. The SMILES string of the molecule is N#CC1(CC(F)(F)F)CC1. The standard InChI is InChI=1S/C6H6F3N/c7-6(8,9)3-5(4-10)1-2-5/h1-3H2. The molecule has 1 aliphatic rings. The molecular weight excluding hydrogens is 143 g/mol. The van der Waals surface area contributed by atoms with Crippen molar-refractivity contribution in [2.75, 3.05) is 0 Å². The predicted octanol–water partition coefficient (Wildman–Crippen LogP) is 2.24. The molecule has 0 atom stereocenters. The summed E-state index contributed by atoms with van der Waals surface area (Å²) in [5.41, 5.74) is -1.04. The number of rotatable bonds is 1. The lowest BCUT2D eigenvalue weighted by Gasteiger charge is -2.08. The summed E-state index contributed by atoms with van der Waals surface area (Å²) in [4.78, 5) is 0. The summed E-state index contributed by atoms with van der Waals surface area (Å²) < 4.78 is 34.9. The highest BCUT2D eigenvalue weighted by Gasteiger charge is 2.51. The molecule has 0 aromatic carbocycles. The zero-order valence-electron chi connectivity index (χ0n) is 5.20. The first-order valence-corrected chi connectivity index (χ1v) is 2.95. The highest BCUT2D eigenvalue weighted by Crippen LogP contribution is 2.52. The number of hydrogen-bond donors (Lipinski definition) is 0. The van der Waals surface area contributed by atoms with Gasteiger partial charge in [0.05, 0.1) is 17.9 Å². The number of alkyl halides is 3. The second-order valence-corrected chi connectivity index (χ2v) is 2.68. The normalized spacial score (nSPS) is 21.8. The molecule has 56 valence electrons. The van der Waals surface area contributed by atoms with E-state index in [4.69, 9.17) is 5.26 Å². The molecule has 1 rings (SSSR count). The Bertz CT molecular complexity index is 172. The Hall–Kier alpha value is -0.720. The summed E-state index contributed by atoms with van der Waals surface area (Å²) >= 11 is 0. The van der Waals surface area contributed by atoms with E-state index in [0.717, 1.165) is 0 Å². The Kier molecular flexibility index (Phi) is 1.39. The number of hydrogen-bond acceptors (Lipinski definition) is 1. The Morgan fingerprint density at radius 1 is 1.40 bits per heavy atom. The molecule has 0 aromatic heterocycles. The highest BCUT2D eigenvalue weighted by atomic mass is 19.4. The molecule has 1 nitrogen and oxygen atoms in total. The van der Waals surface area contributed by atoms with Gasteiger partial charge in [0, 0.05) is 0 Å². The summed E-state index contributed by atoms with van der Waals surface area (Å²) in [7, 11) is 0. The van der Waals surface area contributed by atoms with Crippen LogP contribution in [0.15, 0.2) is 0 Å². The maximum atomic E-state index is 11.6. The average Bonchev–Trinajstić information content (AvgIpc) is 2.45. The second-order valence-electron chi connectivity index (χ2n) is 2.68. The Balaban J connectivity index is 2.48. The third-order valence-electron chi connectivity index (χ3n) is 1.63. The van der Waals surface area contributed by atoms with Crippen molar-refractivity contribution in [3.63, 3.8) is 0 Å². The molecule has 0 aromatic rings. The summed E-state index contributed by atoms with van der Waals surface area (Å²) in [5.74, 6) is 0. The minimum atomic E-state index is -4.17. The van der Waals surface area contributed by atoms with Crippen LogP contribution in [0.2, 0.25) is 0 Å². The fraction of sp³-hybridized carbons (Fsp3) is 0.833. The van der Waals surface area contributed by atoms with Crippen LogP contribution in [0.4, 0.5) is 13.2 Å². The molecule has 1 saturated carbocycles.